The molecule has 0 nitrogen and oxygen atoms in total. The molecule has 17 heavy (non-hydrogen) atoms. The third-order valence-corrected chi connectivity index (χ3v) is 1.63. The van der Waals surface area contributed by atoms with Gasteiger partial charge in [0, 0.05) is 0 Å². The minimum Gasteiger partial charge on any atom is -0.100 e. The Morgan fingerprint density at radius 2 is 1.29 bits per heavy atom. The van der Waals surface area contributed by atoms with Gasteiger partial charge in [-0.3, -0.25) is 0 Å². The van der Waals surface area contributed by atoms with Gasteiger partial charge in [-0.2, -0.15) is 0 Å². The molecule has 102 valence electrons. The third-order valence-electron chi connectivity index (χ3n) is 1.63. The molecule has 0 aliphatic rings. The summed E-state index contributed by atoms with van der Waals surface area (Å²) in [5.74, 6) is 0. The van der Waals surface area contributed by atoms with Gasteiger partial charge in [0.15, 0.2) is 0 Å². The summed E-state index contributed by atoms with van der Waals surface area (Å²) in [6, 6.07) is 0. The lowest BCUT2D eigenvalue weighted by atomic mass is 10.1. The fourth-order valence-corrected chi connectivity index (χ4v) is 0.538. The minimum absolute atomic E-state index is 1.07. The molecule has 0 bridgehead atoms. The Balaban J connectivity index is -0.0000000809. The smallest absolute Gasteiger partial charge is 0.0282 e. The van der Waals surface area contributed by atoms with Gasteiger partial charge in [-0.25, -0.2) is 0 Å². The van der Waals surface area contributed by atoms with Crippen molar-refractivity contribution in [3.63, 3.8) is 0 Å². The summed E-state index contributed by atoms with van der Waals surface area (Å²) < 4.78 is 0. The van der Waals surface area contributed by atoms with Crippen molar-refractivity contribution in [2.24, 2.45) is 0 Å². The number of allylic oxidation sites excluding steroid dienone is 5. The van der Waals surface area contributed by atoms with Crippen molar-refractivity contribution in [2.75, 3.05) is 0 Å². The van der Waals surface area contributed by atoms with Gasteiger partial charge in [-0.1, -0.05) is 71.1 Å². The average molecular weight is 238 g/mol. The standard InChI is InChI=1S/C8H12.C5H10.2C2H6/c1-5-8(6-2)7(3)4;1-4-5(2)3;2*1-2/h5-6H,1,3H2,2,4H3;2,4H2,1,3H3;2*1-2H3/b8-6+;;;. The normalized spacial score (nSPS) is 8.12. The number of rotatable bonds is 3. The van der Waals surface area contributed by atoms with Crippen molar-refractivity contribution < 1.29 is 0 Å². The lowest BCUT2D eigenvalue weighted by Crippen LogP contribution is -1.74. The highest BCUT2D eigenvalue weighted by molar-refractivity contribution is 5.34. The SMILES string of the molecule is C=C(C)CC.C=C/C(=C\C)C(=C)C.CC.CC. The molecule has 0 N–H and O–H groups in total. The van der Waals surface area contributed by atoms with Crippen LogP contribution < -0.4 is 0 Å². The summed E-state index contributed by atoms with van der Waals surface area (Å²) in [6.45, 7) is 27.1. The van der Waals surface area contributed by atoms with Gasteiger partial charge in [0.05, 0.1) is 0 Å². The highest BCUT2D eigenvalue weighted by Gasteiger charge is 1.85. The monoisotopic (exact) mass is 238 g/mol. The zero-order valence-electron chi connectivity index (χ0n) is 13.5. The Morgan fingerprint density at radius 3 is 1.29 bits per heavy atom. The third kappa shape index (κ3) is 31.3. The maximum atomic E-state index is 3.76. The topological polar surface area (TPSA) is 0 Å². The van der Waals surface area contributed by atoms with Crippen LogP contribution in [0.5, 0.6) is 0 Å². The Bertz CT molecular complexity index is 204. The van der Waals surface area contributed by atoms with E-state index >= 15 is 0 Å². The highest BCUT2D eigenvalue weighted by Crippen LogP contribution is 2.05. The van der Waals surface area contributed by atoms with Crippen molar-refractivity contribution in [1.82, 2.24) is 0 Å². The molecule has 0 saturated carbocycles. The Kier molecular flexibility index (Phi) is 35.7. The van der Waals surface area contributed by atoms with Crippen LogP contribution in [0.15, 0.2) is 48.6 Å². The molecule has 0 aromatic carbocycles. The quantitative estimate of drug-likeness (QED) is 0.378. The van der Waals surface area contributed by atoms with Crippen LogP contribution in [0.2, 0.25) is 0 Å². The van der Waals surface area contributed by atoms with Gasteiger partial charge in [0.1, 0.15) is 0 Å². The summed E-state index contributed by atoms with van der Waals surface area (Å²) in [7, 11) is 0. The van der Waals surface area contributed by atoms with Gasteiger partial charge in [0.2, 0.25) is 0 Å². The number of hydrogen-bond donors (Lipinski definition) is 0. The average Bonchev–Trinajstić information content (AvgIpc) is 2.36. The van der Waals surface area contributed by atoms with Gasteiger partial charge >= 0.3 is 0 Å². The van der Waals surface area contributed by atoms with E-state index in [0.717, 1.165) is 17.6 Å². The molecular weight excluding hydrogens is 204 g/mol. The van der Waals surface area contributed by atoms with Crippen molar-refractivity contribution >= 4 is 0 Å². The zero-order valence-corrected chi connectivity index (χ0v) is 13.5. The van der Waals surface area contributed by atoms with E-state index in [9.17, 15) is 0 Å². The fraction of sp³-hybridized carbons (Fsp3) is 0.529. The molecule has 0 spiro atoms. The fourth-order valence-electron chi connectivity index (χ4n) is 0.538. The lowest BCUT2D eigenvalue weighted by Gasteiger charge is -1.94. The van der Waals surface area contributed by atoms with Gasteiger partial charge in [0.25, 0.3) is 0 Å². The van der Waals surface area contributed by atoms with E-state index in [-0.39, 0.29) is 0 Å². The minimum atomic E-state index is 1.07. The molecule has 0 rings (SSSR count). The van der Waals surface area contributed by atoms with E-state index in [1.165, 1.54) is 5.57 Å². The molecule has 0 heteroatoms. The van der Waals surface area contributed by atoms with Crippen molar-refractivity contribution in [3.8, 4) is 0 Å². The summed E-state index contributed by atoms with van der Waals surface area (Å²) >= 11 is 0. The van der Waals surface area contributed by atoms with E-state index in [1.807, 2.05) is 60.6 Å². The first-order chi connectivity index (χ1) is 7.99. The summed E-state index contributed by atoms with van der Waals surface area (Å²) in [5, 5.41) is 0. The van der Waals surface area contributed by atoms with Crippen LogP contribution in [-0.4, -0.2) is 0 Å². The second kappa shape index (κ2) is 24.3. The van der Waals surface area contributed by atoms with Crippen LogP contribution >= 0.6 is 0 Å². The van der Waals surface area contributed by atoms with Crippen molar-refractivity contribution in [2.45, 2.75) is 61.8 Å². The van der Waals surface area contributed by atoms with Crippen LogP contribution in [-0.2, 0) is 0 Å². The molecular formula is C17H34. The van der Waals surface area contributed by atoms with E-state index in [2.05, 4.69) is 26.7 Å². The predicted octanol–water partition coefficient (Wildman–Crippen LogP) is 6.72. The summed E-state index contributed by atoms with van der Waals surface area (Å²) in [6.07, 6.45) is 4.91. The largest absolute Gasteiger partial charge is 0.100 e. The van der Waals surface area contributed by atoms with Crippen LogP contribution in [0.4, 0.5) is 0 Å². The molecule has 0 aromatic heterocycles. The van der Waals surface area contributed by atoms with E-state index < -0.39 is 0 Å². The predicted molar refractivity (Wildman–Crippen MR) is 86.6 cm³/mol. The van der Waals surface area contributed by atoms with Crippen LogP contribution in [0, 0.1) is 0 Å². The van der Waals surface area contributed by atoms with Crippen molar-refractivity contribution in [1.29, 1.82) is 0 Å². The zero-order chi connectivity index (χ0) is 14.9. The maximum Gasteiger partial charge on any atom is -0.0282 e. The Labute approximate surface area is 111 Å². The second-order valence-corrected chi connectivity index (χ2v) is 3.04. The molecule has 0 saturated heterocycles. The van der Waals surface area contributed by atoms with E-state index in [0.29, 0.717) is 0 Å². The first-order valence-electron chi connectivity index (χ1n) is 6.58. The van der Waals surface area contributed by atoms with Crippen LogP contribution in [0.25, 0.3) is 0 Å². The van der Waals surface area contributed by atoms with Crippen LogP contribution in [0.3, 0.4) is 0 Å². The molecule has 0 amide bonds. The molecule has 0 aliphatic heterocycles. The van der Waals surface area contributed by atoms with Gasteiger partial charge in [-0.15, -0.1) is 6.58 Å². The maximum absolute atomic E-state index is 3.76. The molecule has 0 aliphatic carbocycles. The molecule has 0 aromatic rings. The second-order valence-electron chi connectivity index (χ2n) is 3.04. The highest BCUT2D eigenvalue weighted by atomic mass is 13.9. The van der Waals surface area contributed by atoms with Gasteiger partial charge in [-0.05, 0) is 32.8 Å². The first kappa shape index (κ1) is 25.0. The van der Waals surface area contributed by atoms with E-state index in [1.54, 1.807) is 0 Å². The lowest BCUT2D eigenvalue weighted by molar-refractivity contribution is 1.11. The molecule has 0 heterocycles. The molecule has 0 radical (unpaired) electrons. The molecule has 0 unspecified atom stereocenters. The van der Waals surface area contributed by atoms with Crippen LogP contribution in [0.1, 0.15) is 61.8 Å². The summed E-state index contributed by atoms with van der Waals surface area (Å²) in [4.78, 5) is 0. The summed E-state index contributed by atoms with van der Waals surface area (Å²) in [5.41, 5.74) is 3.46. The first-order valence-corrected chi connectivity index (χ1v) is 6.58. The van der Waals surface area contributed by atoms with Gasteiger partial charge < -0.3 is 0 Å². The molecule has 0 atom stereocenters. The Hall–Kier alpha value is -1.04. The number of hydrogen-bond acceptors (Lipinski definition) is 0. The van der Waals surface area contributed by atoms with E-state index in [4.69, 9.17) is 0 Å². The Morgan fingerprint density at radius 1 is 1.00 bits per heavy atom. The molecule has 0 fully saturated rings. The van der Waals surface area contributed by atoms with Crippen molar-refractivity contribution in [3.05, 3.63) is 48.6 Å².